The highest BCUT2D eigenvalue weighted by molar-refractivity contribution is 5.49. The Bertz CT molecular complexity index is 226. The Labute approximate surface area is 82.2 Å². The lowest BCUT2D eigenvalue weighted by Crippen LogP contribution is -1.89. The molecule has 0 aliphatic rings. The molecule has 1 aromatic rings. The smallest absolute Gasteiger partial charge is 0.0367 e. The van der Waals surface area contributed by atoms with E-state index in [-0.39, 0.29) is 0 Å². The average molecular weight is 177 g/mol. The molecule has 1 heteroatoms. The zero-order chi connectivity index (χ0) is 10.7. The van der Waals surface area contributed by atoms with Crippen LogP contribution in [0.2, 0.25) is 0 Å². The summed E-state index contributed by atoms with van der Waals surface area (Å²) < 4.78 is 0. The van der Waals surface area contributed by atoms with Gasteiger partial charge in [-0.25, -0.2) is 0 Å². The fourth-order valence-corrected chi connectivity index (χ4v) is 0.853. The van der Waals surface area contributed by atoms with Gasteiger partial charge in [-0.2, -0.15) is 0 Å². The van der Waals surface area contributed by atoms with E-state index >= 15 is 0 Å². The summed E-state index contributed by atoms with van der Waals surface area (Å²) in [6, 6.07) is 8.22. The van der Waals surface area contributed by atoms with Gasteiger partial charge >= 0.3 is 0 Å². The monoisotopic (exact) mass is 177 g/mol. The van der Waals surface area contributed by atoms with Gasteiger partial charge in [-0.1, -0.05) is 32.0 Å². The van der Waals surface area contributed by atoms with E-state index in [2.05, 4.69) is 37.2 Å². The van der Waals surface area contributed by atoms with Gasteiger partial charge in [0.15, 0.2) is 0 Å². The van der Waals surface area contributed by atoms with E-state index in [9.17, 15) is 0 Å². The maximum atomic E-state index is 4.00. The predicted molar refractivity (Wildman–Crippen MR) is 62.0 cm³/mol. The van der Waals surface area contributed by atoms with E-state index < -0.39 is 0 Å². The Kier molecular flexibility index (Phi) is 11.5. The van der Waals surface area contributed by atoms with E-state index in [0.29, 0.717) is 0 Å². The van der Waals surface area contributed by atoms with Crippen molar-refractivity contribution in [2.45, 2.75) is 20.8 Å². The lowest BCUT2D eigenvalue weighted by atomic mass is 10.2. The van der Waals surface area contributed by atoms with Crippen molar-refractivity contribution in [3.05, 3.63) is 29.8 Å². The van der Waals surface area contributed by atoms with Crippen LogP contribution in [0.25, 0.3) is 0 Å². The third-order valence-electron chi connectivity index (χ3n) is 1.41. The maximum absolute atomic E-state index is 4.00. The maximum Gasteiger partial charge on any atom is 0.0367 e. The number of para-hydroxylation sites is 1. The number of benzene rings is 1. The minimum Gasteiger partial charge on any atom is -0.388 e. The fraction of sp³-hybridized carbons (Fsp3) is 0.333. The molecule has 0 aliphatic carbocycles. The van der Waals surface area contributed by atoms with E-state index in [1.54, 1.807) is 0 Å². The quantitative estimate of drug-likeness (QED) is 0.649. The van der Waals surface area contributed by atoms with Crippen molar-refractivity contribution in [3.63, 3.8) is 0 Å². The summed E-state index contributed by atoms with van der Waals surface area (Å²) in [4.78, 5) is 0. The van der Waals surface area contributed by atoms with Crippen LogP contribution in [0.3, 0.4) is 0 Å². The first-order valence-corrected chi connectivity index (χ1v) is 4.41. The van der Waals surface area contributed by atoms with Crippen LogP contribution in [0.4, 0.5) is 5.69 Å². The number of nitrogens with one attached hydrogen (secondary N) is 1. The van der Waals surface area contributed by atoms with Crippen molar-refractivity contribution in [2.24, 2.45) is 0 Å². The second-order valence-corrected chi connectivity index (χ2v) is 2.06. The van der Waals surface area contributed by atoms with E-state index in [1.807, 2.05) is 33.0 Å². The van der Waals surface area contributed by atoms with Crippen molar-refractivity contribution in [1.82, 2.24) is 0 Å². The summed E-state index contributed by atoms with van der Waals surface area (Å²) in [5.74, 6) is 0. The van der Waals surface area contributed by atoms with E-state index in [4.69, 9.17) is 0 Å². The molecule has 1 rings (SSSR count). The van der Waals surface area contributed by atoms with Gasteiger partial charge in [0, 0.05) is 12.7 Å². The van der Waals surface area contributed by atoms with Crippen molar-refractivity contribution in [1.29, 1.82) is 0 Å². The third-order valence-corrected chi connectivity index (χ3v) is 1.41. The number of hydrogen-bond donors (Lipinski definition) is 1. The molecule has 1 aromatic carbocycles. The van der Waals surface area contributed by atoms with Gasteiger partial charge in [-0.05, 0) is 18.6 Å². The van der Waals surface area contributed by atoms with Gasteiger partial charge in [0.25, 0.3) is 0 Å². The molecule has 0 unspecified atom stereocenters. The predicted octanol–water partition coefficient (Wildman–Crippen LogP) is 3.31. The molecule has 0 radical (unpaired) electrons. The van der Waals surface area contributed by atoms with Gasteiger partial charge in [0.2, 0.25) is 0 Å². The molecule has 0 heterocycles. The Hall–Kier alpha value is -1.42. The van der Waals surface area contributed by atoms with Crippen LogP contribution in [-0.2, 0) is 0 Å². The number of aryl methyl sites for hydroxylation is 1. The van der Waals surface area contributed by atoms with Crippen molar-refractivity contribution in [3.8, 4) is 12.8 Å². The number of anilines is 1. The molecule has 72 valence electrons. The molecule has 0 spiro atoms. The van der Waals surface area contributed by atoms with Crippen molar-refractivity contribution < 1.29 is 0 Å². The Morgan fingerprint density at radius 1 is 1.08 bits per heavy atom. The van der Waals surface area contributed by atoms with Crippen LogP contribution in [0.1, 0.15) is 19.4 Å². The summed E-state index contributed by atoms with van der Waals surface area (Å²) >= 11 is 0. The second-order valence-electron chi connectivity index (χ2n) is 2.06. The lowest BCUT2D eigenvalue weighted by molar-refractivity contribution is 1.41. The van der Waals surface area contributed by atoms with Crippen LogP contribution >= 0.6 is 0 Å². The minimum absolute atomic E-state index is 1.21. The van der Waals surface area contributed by atoms with Crippen molar-refractivity contribution in [2.75, 3.05) is 12.4 Å². The lowest BCUT2D eigenvalue weighted by Gasteiger charge is -2.01. The molecule has 13 heavy (non-hydrogen) atoms. The first-order valence-electron chi connectivity index (χ1n) is 4.41. The molecular formula is C12H19N. The molecule has 0 saturated carbocycles. The number of rotatable bonds is 1. The highest BCUT2D eigenvalue weighted by atomic mass is 14.8. The number of hydrogen-bond acceptors (Lipinski definition) is 1. The highest BCUT2D eigenvalue weighted by Crippen LogP contribution is 2.10. The van der Waals surface area contributed by atoms with Crippen LogP contribution < -0.4 is 5.32 Å². The standard InChI is InChI=1S/C8H11N.C2H6.C2H2/c1-7-5-3-4-6-8(7)9-2;2*1-2/h3-6,9H,1-2H3;1-2H3;1-2H. The average Bonchev–Trinajstić information content (AvgIpc) is 2.24. The molecule has 1 N–H and O–H groups in total. The van der Waals surface area contributed by atoms with Crippen molar-refractivity contribution >= 4 is 5.69 Å². The van der Waals surface area contributed by atoms with Gasteiger partial charge in [0.1, 0.15) is 0 Å². The third kappa shape index (κ3) is 5.81. The Morgan fingerprint density at radius 2 is 1.54 bits per heavy atom. The van der Waals surface area contributed by atoms with Gasteiger partial charge in [-0.3, -0.25) is 0 Å². The molecule has 0 amide bonds. The van der Waals surface area contributed by atoms with Crippen LogP contribution in [0, 0.1) is 19.8 Å². The molecule has 0 saturated heterocycles. The molecule has 0 bridgehead atoms. The zero-order valence-corrected chi connectivity index (χ0v) is 8.96. The van der Waals surface area contributed by atoms with E-state index in [1.165, 1.54) is 11.3 Å². The van der Waals surface area contributed by atoms with Gasteiger partial charge < -0.3 is 5.32 Å². The van der Waals surface area contributed by atoms with Gasteiger partial charge in [-0.15, -0.1) is 12.8 Å². The normalized spacial score (nSPS) is 6.92. The second kappa shape index (κ2) is 10.6. The molecular weight excluding hydrogens is 158 g/mol. The first kappa shape index (κ1) is 14.1. The molecule has 1 nitrogen and oxygen atoms in total. The zero-order valence-electron chi connectivity index (χ0n) is 8.96. The van der Waals surface area contributed by atoms with E-state index in [0.717, 1.165) is 0 Å². The van der Waals surface area contributed by atoms with Crippen LogP contribution in [0.15, 0.2) is 24.3 Å². The summed E-state index contributed by atoms with van der Waals surface area (Å²) in [6.45, 7) is 6.09. The fourth-order valence-electron chi connectivity index (χ4n) is 0.853. The summed E-state index contributed by atoms with van der Waals surface area (Å²) in [5.41, 5.74) is 2.50. The van der Waals surface area contributed by atoms with Crippen LogP contribution in [-0.4, -0.2) is 7.05 Å². The summed E-state index contributed by atoms with van der Waals surface area (Å²) in [5, 5.41) is 3.10. The molecule has 0 aliphatic heterocycles. The van der Waals surface area contributed by atoms with Crippen LogP contribution in [0.5, 0.6) is 0 Å². The Balaban J connectivity index is 0. The summed E-state index contributed by atoms with van der Waals surface area (Å²) in [7, 11) is 1.93. The highest BCUT2D eigenvalue weighted by Gasteiger charge is 1.88. The molecule has 0 atom stereocenters. The molecule has 0 aromatic heterocycles. The summed E-state index contributed by atoms with van der Waals surface area (Å²) in [6.07, 6.45) is 8.00. The SMILES string of the molecule is C#C.CC.CNc1ccccc1C. The largest absolute Gasteiger partial charge is 0.388 e. The molecule has 0 fully saturated rings. The Morgan fingerprint density at radius 3 is 1.85 bits per heavy atom. The van der Waals surface area contributed by atoms with Gasteiger partial charge in [0.05, 0.1) is 0 Å². The topological polar surface area (TPSA) is 12.0 Å². The number of terminal acetylenes is 1. The first-order chi connectivity index (χ1) is 6.34. The minimum atomic E-state index is 1.21.